The van der Waals surface area contributed by atoms with Crippen molar-refractivity contribution in [2.75, 3.05) is 25.0 Å². The predicted molar refractivity (Wildman–Crippen MR) is 124 cm³/mol. The Morgan fingerprint density at radius 2 is 1.81 bits per heavy atom. The van der Waals surface area contributed by atoms with Gasteiger partial charge in [-0.2, -0.15) is 10.4 Å². The van der Waals surface area contributed by atoms with E-state index < -0.39 is 0 Å². The summed E-state index contributed by atoms with van der Waals surface area (Å²) in [6, 6.07) is 6.53. The molecule has 7 heteroatoms. The molecule has 1 fully saturated rings. The summed E-state index contributed by atoms with van der Waals surface area (Å²) in [5.41, 5.74) is 5.31. The lowest BCUT2D eigenvalue weighted by atomic mass is 9.95. The van der Waals surface area contributed by atoms with Gasteiger partial charge >= 0.3 is 0 Å². The number of rotatable bonds is 6. The van der Waals surface area contributed by atoms with Crippen LogP contribution in [0.3, 0.4) is 0 Å². The second-order valence-corrected chi connectivity index (χ2v) is 9.41. The number of nitriles is 1. The number of nitrogens with zero attached hydrogens (tertiary/aromatic N) is 5. The minimum absolute atomic E-state index is 0.0225. The molecule has 2 aromatic rings. The summed E-state index contributed by atoms with van der Waals surface area (Å²) in [6.07, 6.45) is 11.0. The predicted octanol–water partition coefficient (Wildman–Crippen LogP) is 2.84. The van der Waals surface area contributed by atoms with Gasteiger partial charge in [-0.1, -0.05) is 6.42 Å². The summed E-state index contributed by atoms with van der Waals surface area (Å²) in [7, 11) is 0. The summed E-state index contributed by atoms with van der Waals surface area (Å²) in [5.74, 6) is 0.732. The summed E-state index contributed by atoms with van der Waals surface area (Å²) < 4.78 is 1.65. The van der Waals surface area contributed by atoms with Crippen molar-refractivity contribution in [3.05, 3.63) is 50.6 Å². The Labute approximate surface area is 189 Å². The molecule has 168 valence electrons. The molecule has 7 nitrogen and oxygen atoms in total. The first kappa shape index (κ1) is 21.1. The van der Waals surface area contributed by atoms with Crippen LogP contribution in [0.25, 0.3) is 0 Å². The van der Waals surface area contributed by atoms with Gasteiger partial charge in [0.1, 0.15) is 11.9 Å². The molecule has 0 aromatic carbocycles. The number of hydrogen-bond donors (Lipinski definition) is 1. The average Bonchev–Trinajstić information content (AvgIpc) is 3.28. The first-order valence-electron chi connectivity index (χ1n) is 12.2. The van der Waals surface area contributed by atoms with Gasteiger partial charge in [-0.3, -0.25) is 9.69 Å². The van der Waals surface area contributed by atoms with E-state index in [-0.39, 0.29) is 5.56 Å². The van der Waals surface area contributed by atoms with Gasteiger partial charge in [-0.05, 0) is 81.5 Å². The Bertz CT molecular complexity index is 1090. The number of pyridine rings is 1. The number of hydrogen-bond acceptors (Lipinski definition) is 6. The average molecular weight is 433 g/mol. The summed E-state index contributed by atoms with van der Waals surface area (Å²) in [5, 5.41) is 17.8. The third kappa shape index (κ3) is 4.42. The van der Waals surface area contributed by atoms with Crippen molar-refractivity contribution < 1.29 is 0 Å². The minimum Gasteiger partial charge on any atom is -0.367 e. The van der Waals surface area contributed by atoms with Gasteiger partial charge in [0.05, 0.1) is 17.8 Å². The van der Waals surface area contributed by atoms with Gasteiger partial charge in [-0.25, -0.2) is 9.67 Å². The van der Waals surface area contributed by atoms with E-state index in [4.69, 9.17) is 4.98 Å². The van der Waals surface area contributed by atoms with E-state index >= 15 is 0 Å². The molecule has 2 aliphatic carbocycles. The first-order chi connectivity index (χ1) is 15.7. The number of likely N-dealkylation sites (tertiary alicyclic amines) is 1. The third-order valence-electron chi connectivity index (χ3n) is 7.30. The van der Waals surface area contributed by atoms with E-state index in [1.807, 2.05) is 6.07 Å². The highest BCUT2D eigenvalue weighted by atomic mass is 16.1. The number of aryl methyl sites for hydroxylation is 4. The first-order valence-corrected chi connectivity index (χ1v) is 12.2. The zero-order chi connectivity index (χ0) is 21.9. The van der Waals surface area contributed by atoms with Gasteiger partial charge in [0.2, 0.25) is 0 Å². The van der Waals surface area contributed by atoms with E-state index in [1.54, 1.807) is 10.7 Å². The Kier molecular flexibility index (Phi) is 6.22. The second kappa shape index (κ2) is 9.41. The van der Waals surface area contributed by atoms with Crippen molar-refractivity contribution in [3.8, 4) is 6.07 Å². The lowest BCUT2D eigenvalue weighted by Gasteiger charge is -2.36. The van der Waals surface area contributed by atoms with Crippen LogP contribution < -0.4 is 10.9 Å². The monoisotopic (exact) mass is 432 g/mol. The minimum atomic E-state index is 0.0225. The largest absolute Gasteiger partial charge is 0.367 e. The summed E-state index contributed by atoms with van der Waals surface area (Å²) in [4.78, 5) is 19.8. The van der Waals surface area contributed by atoms with Crippen LogP contribution in [0, 0.1) is 11.3 Å². The number of piperidine rings is 1. The number of aromatic nitrogens is 3. The summed E-state index contributed by atoms with van der Waals surface area (Å²) >= 11 is 0. The molecule has 0 spiro atoms. The Hall–Kier alpha value is -2.72. The van der Waals surface area contributed by atoms with Crippen LogP contribution >= 0.6 is 0 Å². The lowest BCUT2D eigenvalue weighted by Crippen LogP contribution is -2.45. The molecule has 32 heavy (non-hydrogen) atoms. The zero-order valence-electron chi connectivity index (χ0n) is 18.8. The second-order valence-electron chi connectivity index (χ2n) is 9.41. The highest BCUT2D eigenvalue weighted by molar-refractivity contribution is 5.54. The molecule has 1 aliphatic heterocycles. The molecule has 0 bridgehead atoms. The molecular formula is C25H32N6O. The fourth-order valence-corrected chi connectivity index (χ4v) is 5.48. The van der Waals surface area contributed by atoms with E-state index in [9.17, 15) is 10.1 Å². The van der Waals surface area contributed by atoms with Gasteiger partial charge in [0, 0.05) is 30.9 Å². The van der Waals surface area contributed by atoms with E-state index in [0.29, 0.717) is 18.2 Å². The maximum atomic E-state index is 12.5. The summed E-state index contributed by atoms with van der Waals surface area (Å²) in [6.45, 7) is 3.26. The lowest BCUT2D eigenvalue weighted by molar-refractivity contribution is 0.148. The smallest absolute Gasteiger partial charge is 0.267 e. The molecule has 1 saturated heterocycles. The van der Waals surface area contributed by atoms with Crippen LogP contribution in [0.15, 0.2) is 16.9 Å². The topological polar surface area (TPSA) is 86.8 Å². The molecule has 3 heterocycles. The molecule has 1 atom stereocenters. The zero-order valence-corrected chi connectivity index (χ0v) is 18.8. The maximum absolute atomic E-state index is 12.5. The molecule has 0 radical (unpaired) electrons. The number of fused-ring (bicyclic) bond motifs is 2. The standard InChI is InChI=1S/C25H32N6O/c26-16-20-14-18-6-1-2-9-22(18)28-25(20)27-17-21-8-3-4-11-30(21)12-13-31-24(32)15-19-7-5-10-23(19)29-31/h14-15,21H,1-13,17H2,(H,27,28). The van der Waals surface area contributed by atoms with Crippen LogP contribution in [-0.2, 0) is 32.2 Å². The van der Waals surface area contributed by atoms with Crippen LogP contribution in [0.5, 0.6) is 0 Å². The fourth-order valence-electron chi connectivity index (χ4n) is 5.48. The van der Waals surface area contributed by atoms with Crippen LogP contribution in [0.1, 0.15) is 66.6 Å². The van der Waals surface area contributed by atoms with Gasteiger partial charge in [-0.15, -0.1) is 0 Å². The van der Waals surface area contributed by atoms with E-state index in [2.05, 4.69) is 21.4 Å². The van der Waals surface area contributed by atoms with Gasteiger partial charge < -0.3 is 5.32 Å². The third-order valence-corrected chi connectivity index (χ3v) is 7.30. The van der Waals surface area contributed by atoms with Crippen LogP contribution in [0.4, 0.5) is 5.82 Å². The molecule has 0 amide bonds. The van der Waals surface area contributed by atoms with Crippen molar-refractivity contribution in [1.29, 1.82) is 5.26 Å². The van der Waals surface area contributed by atoms with Crippen molar-refractivity contribution in [1.82, 2.24) is 19.7 Å². The van der Waals surface area contributed by atoms with Gasteiger partial charge in [0.15, 0.2) is 0 Å². The molecule has 1 unspecified atom stereocenters. The quantitative estimate of drug-likeness (QED) is 0.755. The molecule has 1 N–H and O–H groups in total. The van der Waals surface area contributed by atoms with Crippen LogP contribution in [-0.4, -0.2) is 45.3 Å². The van der Waals surface area contributed by atoms with Gasteiger partial charge in [0.25, 0.3) is 5.56 Å². The van der Waals surface area contributed by atoms with Crippen LogP contribution in [0.2, 0.25) is 0 Å². The Morgan fingerprint density at radius 3 is 2.72 bits per heavy atom. The van der Waals surface area contributed by atoms with Crippen molar-refractivity contribution in [3.63, 3.8) is 0 Å². The Balaban J connectivity index is 1.25. The highest BCUT2D eigenvalue weighted by Gasteiger charge is 2.24. The van der Waals surface area contributed by atoms with Crippen molar-refractivity contribution in [2.45, 2.75) is 76.8 Å². The number of nitrogens with one attached hydrogen (secondary N) is 1. The molecule has 2 aromatic heterocycles. The fraction of sp³-hybridized carbons (Fsp3) is 0.600. The maximum Gasteiger partial charge on any atom is 0.267 e. The molecular weight excluding hydrogens is 400 g/mol. The normalized spacial score (nSPS) is 20.4. The molecule has 0 saturated carbocycles. The molecule has 3 aliphatic rings. The van der Waals surface area contributed by atoms with Crippen molar-refractivity contribution >= 4 is 5.82 Å². The van der Waals surface area contributed by atoms with E-state index in [0.717, 1.165) is 80.9 Å². The SMILES string of the molecule is N#Cc1cc2c(nc1NCC1CCCCN1CCn1nc3c(cc1=O)CCC3)CCCC2. The number of anilines is 1. The molecule has 5 rings (SSSR count). The van der Waals surface area contributed by atoms with E-state index in [1.165, 1.54) is 31.2 Å². The highest BCUT2D eigenvalue weighted by Crippen LogP contribution is 2.25. The Morgan fingerprint density at radius 1 is 1.00 bits per heavy atom. The van der Waals surface area contributed by atoms with Crippen molar-refractivity contribution in [2.24, 2.45) is 0 Å².